The zero-order valence-electron chi connectivity index (χ0n) is 8.45. The maximum Gasteiger partial charge on any atom is 0.331 e. The number of cyclic esters (lactones) is 2. The third-order valence-corrected chi connectivity index (χ3v) is 3.34. The van der Waals surface area contributed by atoms with Crippen LogP contribution in [0.3, 0.4) is 0 Å². The van der Waals surface area contributed by atoms with Crippen LogP contribution in [-0.2, 0) is 23.9 Å². The van der Waals surface area contributed by atoms with Crippen LogP contribution >= 0.6 is 0 Å². The molecule has 1 heterocycles. The van der Waals surface area contributed by atoms with Crippen molar-refractivity contribution in [3.05, 3.63) is 0 Å². The molecule has 1 aliphatic carbocycles. The van der Waals surface area contributed by atoms with E-state index in [4.69, 9.17) is 0 Å². The number of carbonyl (C=O) groups excluding carboxylic acids is 3. The Morgan fingerprint density at radius 3 is 2.27 bits per heavy atom. The summed E-state index contributed by atoms with van der Waals surface area (Å²) in [5, 5.41) is 0. The molecular weight excluding hydrogens is 200 g/mol. The minimum absolute atomic E-state index is 0.179. The average molecular weight is 212 g/mol. The molecule has 0 bridgehead atoms. The van der Waals surface area contributed by atoms with Crippen molar-refractivity contribution in [3.63, 3.8) is 0 Å². The monoisotopic (exact) mass is 212 g/mol. The van der Waals surface area contributed by atoms with Crippen LogP contribution in [0.15, 0.2) is 0 Å². The molecule has 2 aliphatic rings. The Hall–Kier alpha value is -1.39. The summed E-state index contributed by atoms with van der Waals surface area (Å²) in [6, 6.07) is 0. The third-order valence-electron chi connectivity index (χ3n) is 3.34. The predicted octanol–water partition coefficient (Wildman–Crippen LogP) is 0.419. The molecule has 1 saturated heterocycles. The molecule has 15 heavy (non-hydrogen) atoms. The number of rotatable bonds is 1. The van der Waals surface area contributed by atoms with Gasteiger partial charge in [0.05, 0.1) is 13.0 Å². The van der Waals surface area contributed by atoms with Crippen molar-refractivity contribution in [3.8, 4) is 0 Å². The van der Waals surface area contributed by atoms with Gasteiger partial charge in [-0.25, -0.2) is 0 Å². The lowest BCUT2D eigenvalue weighted by atomic mass is 9.68. The minimum atomic E-state index is -0.926. The molecule has 2 rings (SSSR count). The van der Waals surface area contributed by atoms with Crippen molar-refractivity contribution >= 4 is 17.9 Å². The Bertz CT molecular complexity index is 309. The molecule has 1 spiro atoms. The van der Waals surface area contributed by atoms with Gasteiger partial charge in [0.1, 0.15) is 0 Å². The smallest absolute Gasteiger partial charge is 0.331 e. The normalized spacial score (nSPS) is 24.6. The summed E-state index contributed by atoms with van der Waals surface area (Å²) in [6.45, 7) is 0. The first-order chi connectivity index (χ1) is 7.10. The summed E-state index contributed by atoms with van der Waals surface area (Å²) in [6.07, 6.45) is 1.86. The fourth-order valence-electron chi connectivity index (χ4n) is 2.24. The molecule has 5 heteroatoms. The van der Waals surface area contributed by atoms with E-state index in [1.807, 2.05) is 0 Å². The Labute approximate surface area is 86.7 Å². The first kappa shape index (κ1) is 10.1. The van der Waals surface area contributed by atoms with Gasteiger partial charge in [0.25, 0.3) is 0 Å². The number of carbonyl (C=O) groups is 3. The van der Waals surface area contributed by atoms with E-state index in [2.05, 4.69) is 9.47 Å². The molecule has 0 N–H and O–H groups in total. The molecule has 5 nitrogen and oxygen atoms in total. The molecule has 0 aromatic heterocycles. The van der Waals surface area contributed by atoms with Crippen molar-refractivity contribution in [2.45, 2.75) is 25.7 Å². The van der Waals surface area contributed by atoms with Crippen LogP contribution in [0, 0.1) is 11.3 Å². The van der Waals surface area contributed by atoms with Crippen LogP contribution in [0.25, 0.3) is 0 Å². The highest BCUT2D eigenvalue weighted by molar-refractivity contribution is 6.14. The highest BCUT2D eigenvalue weighted by Gasteiger charge is 2.59. The summed E-state index contributed by atoms with van der Waals surface area (Å²) >= 11 is 0. The largest absolute Gasteiger partial charge is 0.469 e. The van der Waals surface area contributed by atoms with Gasteiger partial charge in [0, 0.05) is 0 Å². The molecule has 0 unspecified atom stereocenters. The number of esters is 3. The maximum atomic E-state index is 11.2. The molecule has 1 saturated carbocycles. The van der Waals surface area contributed by atoms with Crippen molar-refractivity contribution in [2.24, 2.45) is 11.3 Å². The fourth-order valence-corrected chi connectivity index (χ4v) is 2.24. The second-order valence-electron chi connectivity index (χ2n) is 4.06. The molecule has 0 atom stereocenters. The van der Waals surface area contributed by atoms with E-state index in [9.17, 15) is 14.4 Å². The van der Waals surface area contributed by atoms with E-state index in [-0.39, 0.29) is 11.9 Å². The molecule has 2 fully saturated rings. The lowest BCUT2D eigenvalue weighted by Gasteiger charge is -2.40. The Morgan fingerprint density at radius 1 is 1.33 bits per heavy atom. The number of ether oxygens (including phenoxy) is 2. The van der Waals surface area contributed by atoms with Crippen LogP contribution in [0.2, 0.25) is 0 Å². The summed E-state index contributed by atoms with van der Waals surface area (Å²) in [5.41, 5.74) is -0.926. The molecule has 0 aromatic carbocycles. The molecule has 1 aliphatic heterocycles. The predicted molar refractivity (Wildman–Crippen MR) is 47.5 cm³/mol. The Kier molecular flexibility index (Phi) is 2.25. The van der Waals surface area contributed by atoms with Gasteiger partial charge in [-0.15, -0.1) is 0 Å². The first-order valence-electron chi connectivity index (χ1n) is 4.95. The zero-order chi connectivity index (χ0) is 11.1. The van der Waals surface area contributed by atoms with Crippen molar-refractivity contribution in [2.75, 3.05) is 7.11 Å². The third kappa shape index (κ3) is 1.33. The van der Waals surface area contributed by atoms with Crippen LogP contribution in [0.4, 0.5) is 0 Å². The summed E-state index contributed by atoms with van der Waals surface area (Å²) in [4.78, 5) is 33.6. The van der Waals surface area contributed by atoms with Gasteiger partial charge in [-0.1, -0.05) is 0 Å². The van der Waals surface area contributed by atoms with E-state index in [1.54, 1.807) is 0 Å². The van der Waals surface area contributed by atoms with E-state index < -0.39 is 17.4 Å². The van der Waals surface area contributed by atoms with Crippen molar-refractivity contribution in [1.29, 1.82) is 0 Å². The second kappa shape index (κ2) is 3.32. The van der Waals surface area contributed by atoms with Crippen molar-refractivity contribution in [1.82, 2.24) is 0 Å². The number of methoxy groups -OCH3 is 1. The van der Waals surface area contributed by atoms with Gasteiger partial charge in [-0.05, 0) is 25.7 Å². The number of hydrogen-bond acceptors (Lipinski definition) is 5. The van der Waals surface area contributed by atoms with E-state index >= 15 is 0 Å². The molecule has 82 valence electrons. The highest BCUT2D eigenvalue weighted by Crippen LogP contribution is 2.46. The van der Waals surface area contributed by atoms with Crippen LogP contribution in [0.5, 0.6) is 0 Å². The summed E-state index contributed by atoms with van der Waals surface area (Å²) in [7, 11) is 1.34. The van der Waals surface area contributed by atoms with E-state index in [1.165, 1.54) is 7.11 Å². The van der Waals surface area contributed by atoms with Gasteiger partial charge in [-0.2, -0.15) is 0 Å². The second-order valence-corrected chi connectivity index (χ2v) is 4.06. The Morgan fingerprint density at radius 2 is 1.87 bits per heavy atom. The number of hydrogen-bond donors (Lipinski definition) is 0. The van der Waals surface area contributed by atoms with Gasteiger partial charge in [0.2, 0.25) is 0 Å². The molecular formula is C10H12O5. The van der Waals surface area contributed by atoms with Crippen LogP contribution in [-0.4, -0.2) is 25.0 Å². The van der Waals surface area contributed by atoms with E-state index in [0.29, 0.717) is 25.7 Å². The van der Waals surface area contributed by atoms with Crippen molar-refractivity contribution < 1.29 is 23.9 Å². The lowest BCUT2D eigenvalue weighted by Crippen LogP contribution is -2.55. The SMILES string of the molecule is COC(=O)C1CCC2(CC1)C(=O)OC2=O. The molecule has 0 aromatic rings. The highest BCUT2D eigenvalue weighted by atomic mass is 16.6. The van der Waals surface area contributed by atoms with Crippen LogP contribution < -0.4 is 0 Å². The molecule has 0 amide bonds. The average Bonchev–Trinajstić information content (AvgIpc) is 2.28. The minimum Gasteiger partial charge on any atom is -0.469 e. The lowest BCUT2D eigenvalue weighted by molar-refractivity contribution is -0.201. The summed E-state index contributed by atoms with van der Waals surface area (Å²) < 4.78 is 8.98. The van der Waals surface area contributed by atoms with Gasteiger partial charge < -0.3 is 9.47 Å². The zero-order valence-corrected chi connectivity index (χ0v) is 8.45. The van der Waals surface area contributed by atoms with Gasteiger partial charge in [-0.3, -0.25) is 14.4 Å². The topological polar surface area (TPSA) is 69.7 Å². The quantitative estimate of drug-likeness (QED) is 0.465. The fraction of sp³-hybridized carbons (Fsp3) is 0.700. The summed E-state index contributed by atoms with van der Waals surface area (Å²) in [5.74, 6) is -1.31. The molecule has 0 radical (unpaired) electrons. The van der Waals surface area contributed by atoms with Gasteiger partial charge in [0.15, 0.2) is 5.41 Å². The Balaban J connectivity index is 2.00. The van der Waals surface area contributed by atoms with Gasteiger partial charge >= 0.3 is 17.9 Å². The first-order valence-corrected chi connectivity index (χ1v) is 4.95. The maximum absolute atomic E-state index is 11.2. The van der Waals surface area contributed by atoms with E-state index in [0.717, 1.165) is 0 Å². The van der Waals surface area contributed by atoms with Crippen LogP contribution in [0.1, 0.15) is 25.7 Å². The standard InChI is InChI=1S/C10H12O5/c1-14-7(11)6-2-4-10(5-3-6)8(12)15-9(10)13/h6H,2-5H2,1H3.